The van der Waals surface area contributed by atoms with E-state index in [0.29, 0.717) is 12.1 Å². The standard InChI is InChI=1S/C18H31N3O3.Na.H/c1-2-3-4-5-6-7-8-9-10-11-17(22)21-16(18(23)24)12-15-13-19-14-20-15;;/h13-14,16H,2-12H2,1H3,(H,19,20)(H,21,22)(H,23,24);;. The quantitative estimate of drug-likeness (QED) is 0.351. The van der Waals surface area contributed by atoms with Gasteiger partial charge in [-0.1, -0.05) is 58.3 Å². The zero-order valence-electron chi connectivity index (χ0n) is 14.7. The number of hydrogen-bond donors (Lipinski definition) is 3. The van der Waals surface area contributed by atoms with Crippen molar-refractivity contribution in [1.29, 1.82) is 0 Å². The molecule has 1 amide bonds. The molecule has 0 aromatic carbocycles. The topological polar surface area (TPSA) is 95.1 Å². The first-order chi connectivity index (χ1) is 11.6. The number of imidazole rings is 1. The molecule has 0 radical (unpaired) electrons. The number of aliphatic carboxylic acids is 1. The van der Waals surface area contributed by atoms with Gasteiger partial charge in [0.15, 0.2) is 0 Å². The molecule has 1 aromatic rings. The van der Waals surface area contributed by atoms with Gasteiger partial charge in [-0.2, -0.15) is 0 Å². The number of aromatic amines is 1. The molecule has 0 saturated heterocycles. The number of carbonyl (C=O) groups is 2. The van der Waals surface area contributed by atoms with Crippen LogP contribution in [0.1, 0.15) is 76.8 Å². The Kier molecular flexibility index (Phi) is 14.9. The number of carbonyl (C=O) groups excluding carboxylic acids is 1. The van der Waals surface area contributed by atoms with Crippen molar-refractivity contribution in [3.05, 3.63) is 18.2 Å². The number of amides is 1. The van der Waals surface area contributed by atoms with Crippen molar-refractivity contribution in [3.8, 4) is 0 Å². The van der Waals surface area contributed by atoms with Crippen molar-refractivity contribution in [2.45, 2.75) is 83.6 Å². The van der Waals surface area contributed by atoms with Crippen molar-refractivity contribution in [2.24, 2.45) is 0 Å². The van der Waals surface area contributed by atoms with Crippen molar-refractivity contribution in [3.63, 3.8) is 0 Å². The van der Waals surface area contributed by atoms with Gasteiger partial charge in [0.1, 0.15) is 6.04 Å². The molecule has 1 atom stereocenters. The van der Waals surface area contributed by atoms with E-state index in [1.165, 1.54) is 44.9 Å². The van der Waals surface area contributed by atoms with Gasteiger partial charge in [0, 0.05) is 19.0 Å². The second-order valence-corrected chi connectivity index (χ2v) is 6.30. The van der Waals surface area contributed by atoms with E-state index in [1.54, 1.807) is 6.20 Å². The number of nitrogens with zero attached hydrogens (tertiary/aromatic N) is 1. The van der Waals surface area contributed by atoms with Gasteiger partial charge in [-0.15, -0.1) is 0 Å². The molecule has 0 saturated carbocycles. The number of rotatable bonds is 14. The van der Waals surface area contributed by atoms with E-state index in [0.717, 1.165) is 19.3 Å². The number of unbranched alkanes of at least 4 members (excludes halogenated alkanes) is 8. The van der Waals surface area contributed by atoms with Gasteiger partial charge in [-0.05, 0) is 6.42 Å². The Balaban J connectivity index is 0.00000576. The van der Waals surface area contributed by atoms with E-state index < -0.39 is 12.0 Å². The van der Waals surface area contributed by atoms with Gasteiger partial charge in [0.2, 0.25) is 5.91 Å². The van der Waals surface area contributed by atoms with Crippen LogP contribution in [0.4, 0.5) is 0 Å². The van der Waals surface area contributed by atoms with Crippen LogP contribution < -0.4 is 5.32 Å². The Labute approximate surface area is 172 Å². The minimum atomic E-state index is -1.03. The summed E-state index contributed by atoms with van der Waals surface area (Å²) in [6.45, 7) is 2.22. The Hall–Kier alpha value is -0.850. The van der Waals surface area contributed by atoms with Crippen LogP contribution in [0, 0.1) is 0 Å². The summed E-state index contributed by atoms with van der Waals surface area (Å²) in [6.07, 6.45) is 14.4. The number of carboxylic acids is 1. The van der Waals surface area contributed by atoms with Gasteiger partial charge < -0.3 is 15.4 Å². The molecule has 0 spiro atoms. The first-order valence-electron chi connectivity index (χ1n) is 9.13. The second kappa shape index (κ2) is 15.4. The molecule has 1 aromatic heterocycles. The van der Waals surface area contributed by atoms with Crippen LogP contribution in [0.15, 0.2) is 12.5 Å². The van der Waals surface area contributed by atoms with E-state index in [4.69, 9.17) is 0 Å². The molecule has 0 aliphatic rings. The first-order valence-corrected chi connectivity index (χ1v) is 9.13. The number of hydrogen-bond acceptors (Lipinski definition) is 3. The fourth-order valence-electron chi connectivity index (χ4n) is 2.67. The third-order valence-electron chi connectivity index (χ3n) is 4.11. The molecular formula is C18H32N3NaO3. The zero-order valence-corrected chi connectivity index (χ0v) is 14.7. The molecule has 25 heavy (non-hydrogen) atoms. The zero-order chi connectivity index (χ0) is 17.6. The molecule has 6 nitrogen and oxygen atoms in total. The molecule has 1 rings (SSSR count). The number of H-pyrrole nitrogens is 1. The molecular weight excluding hydrogens is 329 g/mol. The predicted molar refractivity (Wildman–Crippen MR) is 101 cm³/mol. The molecule has 138 valence electrons. The summed E-state index contributed by atoms with van der Waals surface area (Å²) < 4.78 is 0. The fourth-order valence-corrected chi connectivity index (χ4v) is 2.67. The van der Waals surface area contributed by atoms with Gasteiger partial charge in [-0.25, -0.2) is 9.78 Å². The average Bonchev–Trinajstić information content (AvgIpc) is 3.05. The van der Waals surface area contributed by atoms with Crippen LogP contribution in [0.5, 0.6) is 0 Å². The number of carboxylic acid groups (broad SMARTS) is 1. The normalized spacial score (nSPS) is 11.6. The van der Waals surface area contributed by atoms with E-state index >= 15 is 0 Å². The third-order valence-corrected chi connectivity index (χ3v) is 4.11. The summed E-state index contributed by atoms with van der Waals surface area (Å²) in [5, 5.41) is 11.8. The predicted octanol–water partition coefficient (Wildman–Crippen LogP) is 2.79. The Morgan fingerprint density at radius 3 is 2.24 bits per heavy atom. The number of aromatic nitrogens is 2. The minimum absolute atomic E-state index is 0. The van der Waals surface area contributed by atoms with Crippen LogP contribution in [0.2, 0.25) is 0 Å². The van der Waals surface area contributed by atoms with Gasteiger partial charge in [0.25, 0.3) is 0 Å². The van der Waals surface area contributed by atoms with E-state index in [9.17, 15) is 14.7 Å². The molecule has 0 fully saturated rings. The van der Waals surface area contributed by atoms with Crippen LogP contribution in [0.3, 0.4) is 0 Å². The van der Waals surface area contributed by atoms with Crippen molar-refractivity contribution in [2.75, 3.05) is 0 Å². The average molecular weight is 361 g/mol. The Bertz CT molecular complexity index is 466. The SMILES string of the molecule is CCCCCCCCCCCC(=O)NC(Cc1c[nH]cn1)C(=O)O.[NaH]. The fraction of sp³-hybridized carbons (Fsp3) is 0.722. The number of nitrogens with one attached hydrogen (secondary N) is 2. The van der Waals surface area contributed by atoms with Crippen molar-refractivity contribution in [1.82, 2.24) is 15.3 Å². The molecule has 0 aliphatic heterocycles. The van der Waals surface area contributed by atoms with Crippen molar-refractivity contribution >= 4 is 41.4 Å². The Morgan fingerprint density at radius 1 is 1.12 bits per heavy atom. The maximum absolute atomic E-state index is 11.9. The van der Waals surface area contributed by atoms with Gasteiger partial charge >= 0.3 is 35.5 Å². The van der Waals surface area contributed by atoms with Gasteiger partial charge in [0.05, 0.1) is 12.0 Å². The van der Waals surface area contributed by atoms with Crippen LogP contribution in [-0.2, 0) is 16.0 Å². The Morgan fingerprint density at radius 2 is 1.72 bits per heavy atom. The summed E-state index contributed by atoms with van der Waals surface area (Å²) in [5.74, 6) is -1.22. The molecule has 0 aliphatic carbocycles. The van der Waals surface area contributed by atoms with E-state index in [2.05, 4.69) is 22.2 Å². The summed E-state index contributed by atoms with van der Waals surface area (Å²) in [6, 6.07) is -0.917. The first kappa shape index (κ1) is 24.1. The van der Waals surface area contributed by atoms with E-state index in [-0.39, 0.29) is 41.9 Å². The van der Waals surface area contributed by atoms with E-state index in [1.807, 2.05) is 0 Å². The molecule has 1 unspecified atom stereocenters. The van der Waals surface area contributed by atoms with Crippen LogP contribution in [-0.4, -0.2) is 62.6 Å². The van der Waals surface area contributed by atoms with Crippen LogP contribution >= 0.6 is 0 Å². The maximum atomic E-state index is 11.9. The van der Waals surface area contributed by atoms with Crippen molar-refractivity contribution < 1.29 is 14.7 Å². The molecule has 3 N–H and O–H groups in total. The summed E-state index contributed by atoms with van der Waals surface area (Å²) in [7, 11) is 0. The van der Waals surface area contributed by atoms with Crippen LogP contribution in [0.25, 0.3) is 0 Å². The second-order valence-electron chi connectivity index (χ2n) is 6.30. The molecule has 7 heteroatoms. The summed E-state index contributed by atoms with van der Waals surface area (Å²) >= 11 is 0. The molecule has 1 heterocycles. The summed E-state index contributed by atoms with van der Waals surface area (Å²) in [4.78, 5) is 29.9. The molecule has 0 bridgehead atoms. The van der Waals surface area contributed by atoms with Gasteiger partial charge in [-0.3, -0.25) is 4.79 Å². The third kappa shape index (κ3) is 12.2. The monoisotopic (exact) mass is 361 g/mol. The summed E-state index contributed by atoms with van der Waals surface area (Å²) in [5.41, 5.74) is 0.630.